The molecule has 0 amide bonds. The Balaban J connectivity index is 2.40. The minimum atomic E-state index is 0.899. The molecule has 1 aromatic carbocycles. The van der Waals surface area contributed by atoms with Crippen LogP contribution < -0.4 is 4.74 Å². The fourth-order valence-corrected chi connectivity index (χ4v) is 1.76. The van der Waals surface area contributed by atoms with Crippen molar-refractivity contribution >= 4 is 22.2 Å². The average molecular weight is 240 g/mol. The van der Waals surface area contributed by atoms with Crippen LogP contribution in [0.4, 0.5) is 0 Å². The van der Waals surface area contributed by atoms with Gasteiger partial charge in [0.05, 0.1) is 13.7 Å². The van der Waals surface area contributed by atoms with E-state index < -0.39 is 0 Å². The van der Waals surface area contributed by atoms with Gasteiger partial charge in [0.15, 0.2) is 0 Å². The highest BCUT2D eigenvalue weighted by Crippen LogP contribution is 2.25. The summed E-state index contributed by atoms with van der Waals surface area (Å²) < 4.78 is 7.12. The van der Waals surface area contributed by atoms with Gasteiger partial charge in [0.25, 0.3) is 0 Å². The molecule has 0 radical (unpaired) electrons. The van der Waals surface area contributed by atoms with Gasteiger partial charge in [-0.1, -0.05) is 6.07 Å². The fraction of sp³-hybridized carbons (Fsp3) is 0.200. The number of halogens is 1. The first-order valence-electron chi connectivity index (χ1n) is 4.07. The van der Waals surface area contributed by atoms with E-state index in [0.717, 1.165) is 12.3 Å². The number of nitrogens with zero attached hydrogens (tertiary/aromatic N) is 1. The van der Waals surface area contributed by atoms with Gasteiger partial charge in [-0.3, -0.25) is 0 Å². The number of fused-ring (bicyclic) bond motifs is 1. The topological polar surface area (TPSA) is 12.5 Å². The zero-order chi connectivity index (χ0) is 9.26. The first-order chi connectivity index (χ1) is 6.29. The molecule has 0 saturated heterocycles. The van der Waals surface area contributed by atoms with Gasteiger partial charge in [0.2, 0.25) is 0 Å². The third-order valence-electron chi connectivity index (χ3n) is 2.09. The Morgan fingerprint density at radius 2 is 2.31 bits per heavy atom. The molecule has 1 heterocycles. The summed E-state index contributed by atoms with van der Waals surface area (Å²) in [6, 6.07) is 6.12. The van der Waals surface area contributed by atoms with Crippen LogP contribution in [-0.4, -0.2) is 11.0 Å². The third kappa shape index (κ3) is 1.70. The summed E-state index contributed by atoms with van der Waals surface area (Å²) in [5.74, 6) is 0.909. The van der Waals surface area contributed by atoms with Gasteiger partial charge in [-0.2, -0.15) is 0 Å². The summed E-state index contributed by atoms with van der Waals surface area (Å²) in [5, 5.41) is 0. The largest absolute Gasteiger partial charge is 0.497 e. The van der Waals surface area contributed by atoms with Gasteiger partial charge in [-0.25, -0.2) is 0 Å². The Hall–Kier alpha value is -0.960. The van der Waals surface area contributed by atoms with Crippen molar-refractivity contribution in [2.75, 3.05) is 7.11 Å². The molecule has 0 aliphatic carbocycles. The summed E-state index contributed by atoms with van der Waals surface area (Å²) in [4.78, 5) is 0. The Morgan fingerprint density at radius 3 is 3.08 bits per heavy atom. The molecule has 2 nitrogen and oxygen atoms in total. The first kappa shape index (κ1) is 8.63. The van der Waals surface area contributed by atoms with Crippen LogP contribution in [0.2, 0.25) is 0 Å². The van der Waals surface area contributed by atoms with Crippen LogP contribution in [0.15, 0.2) is 24.4 Å². The molecule has 13 heavy (non-hydrogen) atoms. The van der Waals surface area contributed by atoms with Crippen LogP contribution in [0.25, 0.3) is 6.08 Å². The number of benzene rings is 1. The minimum Gasteiger partial charge on any atom is -0.497 e. The molecular formula is C10H10BrNO. The maximum Gasteiger partial charge on any atom is 0.119 e. The second-order valence-corrected chi connectivity index (χ2v) is 3.85. The van der Waals surface area contributed by atoms with E-state index in [4.69, 9.17) is 4.74 Å². The van der Waals surface area contributed by atoms with Crippen LogP contribution in [0, 0.1) is 0 Å². The van der Waals surface area contributed by atoms with Crippen LogP contribution in [0.5, 0.6) is 5.75 Å². The van der Waals surface area contributed by atoms with E-state index in [-0.39, 0.29) is 0 Å². The van der Waals surface area contributed by atoms with Gasteiger partial charge >= 0.3 is 0 Å². The quantitative estimate of drug-likeness (QED) is 0.700. The highest BCUT2D eigenvalue weighted by atomic mass is 79.9. The zero-order valence-electron chi connectivity index (χ0n) is 7.33. The van der Waals surface area contributed by atoms with E-state index in [2.05, 4.69) is 28.3 Å². The van der Waals surface area contributed by atoms with Crippen molar-refractivity contribution in [1.82, 2.24) is 3.93 Å². The second kappa shape index (κ2) is 3.42. The summed E-state index contributed by atoms with van der Waals surface area (Å²) in [6.45, 7) is 0.899. The molecule has 0 spiro atoms. The van der Waals surface area contributed by atoms with Gasteiger partial charge in [-0.15, -0.1) is 0 Å². The fourth-order valence-electron chi connectivity index (χ4n) is 1.38. The monoisotopic (exact) mass is 239 g/mol. The Morgan fingerprint density at radius 1 is 1.46 bits per heavy atom. The van der Waals surface area contributed by atoms with Gasteiger partial charge in [0.1, 0.15) is 5.75 Å². The summed E-state index contributed by atoms with van der Waals surface area (Å²) in [7, 11) is 1.69. The molecule has 1 aliphatic heterocycles. The average Bonchev–Trinajstić information content (AvgIpc) is 2.17. The smallest absolute Gasteiger partial charge is 0.119 e. The van der Waals surface area contributed by atoms with Crippen molar-refractivity contribution in [3.63, 3.8) is 0 Å². The highest BCUT2D eigenvalue weighted by Gasteiger charge is 2.08. The first-order valence-corrected chi connectivity index (χ1v) is 4.78. The molecule has 0 saturated carbocycles. The van der Waals surface area contributed by atoms with Crippen LogP contribution in [0.1, 0.15) is 11.1 Å². The lowest BCUT2D eigenvalue weighted by Crippen LogP contribution is -2.08. The van der Waals surface area contributed by atoms with Crippen molar-refractivity contribution in [2.24, 2.45) is 0 Å². The molecule has 0 N–H and O–H groups in total. The van der Waals surface area contributed by atoms with Crippen molar-refractivity contribution in [3.05, 3.63) is 35.5 Å². The van der Waals surface area contributed by atoms with Crippen molar-refractivity contribution in [3.8, 4) is 5.75 Å². The van der Waals surface area contributed by atoms with E-state index in [0.29, 0.717) is 0 Å². The Labute approximate surface area is 86.1 Å². The van der Waals surface area contributed by atoms with Crippen LogP contribution in [0.3, 0.4) is 0 Å². The number of rotatable bonds is 1. The van der Waals surface area contributed by atoms with E-state index in [1.165, 1.54) is 11.1 Å². The molecule has 0 unspecified atom stereocenters. The van der Waals surface area contributed by atoms with Crippen LogP contribution in [-0.2, 0) is 6.54 Å². The summed E-state index contributed by atoms with van der Waals surface area (Å²) in [6.07, 6.45) is 4.07. The predicted octanol–water partition coefficient (Wildman–Crippen LogP) is 2.79. The molecule has 1 aromatic rings. The van der Waals surface area contributed by atoms with Gasteiger partial charge < -0.3 is 8.66 Å². The van der Waals surface area contributed by atoms with E-state index in [1.54, 1.807) is 7.11 Å². The molecule has 3 heteroatoms. The summed E-state index contributed by atoms with van der Waals surface area (Å²) >= 11 is 3.41. The maximum absolute atomic E-state index is 5.15. The molecule has 68 valence electrons. The lowest BCUT2D eigenvalue weighted by molar-refractivity contribution is 0.414. The normalized spacial score (nSPS) is 14.2. The zero-order valence-corrected chi connectivity index (χ0v) is 8.91. The standard InChI is InChI=1S/C10H10BrNO/c1-13-10-3-2-9-7-12(11)5-4-8(9)6-10/h2-6H,7H2,1H3. The SMILES string of the molecule is COc1ccc2c(c1)C=CN(Br)C2. The lowest BCUT2D eigenvalue weighted by atomic mass is 10.1. The lowest BCUT2D eigenvalue weighted by Gasteiger charge is -2.18. The van der Waals surface area contributed by atoms with Crippen molar-refractivity contribution < 1.29 is 4.74 Å². The number of hydrogen-bond donors (Lipinski definition) is 0. The van der Waals surface area contributed by atoms with Crippen molar-refractivity contribution in [2.45, 2.75) is 6.54 Å². The Bertz CT molecular complexity index is 349. The molecule has 0 fully saturated rings. The molecule has 0 atom stereocenters. The van der Waals surface area contributed by atoms with Crippen LogP contribution >= 0.6 is 16.1 Å². The van der Waals surface area contributed by atoms with Gasteiger partial charge in [0, 0.05) is 22.3 Å². The second-order valence-electron chi connectivity index (χ2n) is 2.94. The molecule has 0 bridgehead atoms. The minimum absolute atomic E-state index is 0.899. The third-order valence-corrected chi connectivity index (χ3v) is 2.58. The number of hydrogen-bond acceptors (Lipinski definition) is 2. The molecular weight excluding hydrogens is 230 g/mol. The van der Waals surface area contributed by atoms with E-state index in [1.807, 2.05) is 22.3 Å². The highest BCUT2D eigenvalue weighted by molar-refractivity contribution is 9.07. The van der Waals surface area contributed by atoms with Crippen molar-refractivity contribution in [1.29, 1.82) is 0 Å². The maximum atomic E-state index is 5.15. The Kier molecular flexibility index (Phi) is 2.27. The molecule has 2 rings (SSSR count). The summed E-state index contributed by atoms with van der Waals surface area (Å²) in [5.41, 5.74) is 2.54. The number of methoxy groups -OCH3 is 1. The van der Waals surface area contributed by atoms with Gasteiger partial charge in [-0.05, 0) is 29.3 Å². The number of ether oxygens (including phenoxy) is 1. The molecule has 1 aliphatic rings. The van der Waals surface area contributed by atoms with E-state index >= 15 is 0 Å². The molecule has 0 aromatic heterocycles. The van der Waals surface area contributed by atoms with E-state index in [9.17, 15) is 0 Å². The predicted molar refractivity (Wildman–Crippen MR) is 56.5 cm³/mol.